The van der Waals surface area contributed by atoms with Crippen LogP contribution < -0.4 is 10.9 Å². The van der Waals surface area contributed by atoms with E-state index >= 15 is 0 Å². The summed E-state index contributed by atoms with van der Waals surface area (Å²) in [7, 11) is 1.63. The first-order valence-corrected chi connectivity index (χ1v) is 7.33. The van der Waals surface area contributed by atoms with Gasteiger partial charge in [-0.05, 0) is 36.4 Å². The number of hydrogen-bond donors (Lipinski definition) is 1. The highest BCUT2D eigenvalue weighted by atomic mass is 35.5. The molecule has 0 unspecified atom stereocenters. The fourth-order valence-electron chi connectivity index (χ4n) is 2.20. The number of pyridine rings is 1. The summed E-state index contributed by atoms with van der Waals surface area (Å²) in [4.78, 5) is 24.0. The van der Waals surface area contributed by atoms with Crippen molar-refractivity contribution in [2.75, 3.05) is 5.32 Å². The van der Waals surface area contributed by atoms with Gasteiger partial charge >= 0.3 is 0 Å². The van der Waals surface area contributed by atoms with Crippen LogP contribution in [-0.4, -0.2) is 15.0 Å². The quantitative estimate of drug-likeness (QED) is 0.803. The van der Waals surface area contributed by atoms with Crippen molar-refractivity contribution in [3.63, 3.8) is 0 Å². The molecule has 0 bridgehead atoms. The van der Waals surface area contributed by atoms with Crippen LogP contribution >= 0.6 is 11.6 Å². The molecule has 0 aliphatic rings. The molecule has 1 amide bonds. The predicted molar refractivity (Wildman–Crippen MR) is 90.4 cm³/mol. The normalized spacial score (nSPS) is 10.5. The van der Waals surface area contributed by atoms with Crippen molar-refractivity contribution in [1.82, 2.24) is 9.13 Å². The van der Waals surface area contributed by atoms with Gasteiger partial charge in [-0.3, -0.25) is 9.59 Å². The zero-order valence-electron chi connectivity index (χ0n) is 12.4. The molecule has 0 radical (unpaired) electrons. The van der Waals surface area contributed by atoms with Gasteiger partial charge in [0.1, 0.15) is 0 Å². The molecule has 0 spiro atoms. The lowest BCUT2D eigenvalue weighted by molar-refractivity contribution is 0.102. The molecule has 6 heteroatoms. The van der Waals surface area contributed by atoms with Crippen molar-refractivity contribution in [3.8, 4) is 5.69 Å². The average Bonchev–Trinajstić information content (AvgIpc) is 3.06. The SMILES string of the molecule is Cn1ccc(C(=O)Nc2ccc(Cl)cc2-n2cccc2)cc1=O. The van der Waals surface area contributed by atoms with Crippen molar-refractivity contribution in [3.05, 3.63) is 82.0 Å². The van der Waals surface area contributed by atoms with Crippen LogP contribution in [0.25, 0.3) is 5.69 Å². The second kappa shape index (κ2) is 6.14. The highest BCUT2D eigenvalue weighted by molar-refractivity contribution is 6.31. The topological polar surface area (TPSA) is 56.0 Å². The Bertz CT molecular complexity index is 914. The number of carbonyl (C=O) groups excluding carboxylic acids is 1. The van der Waals surface area contributed by atoms with Crippen molar-refractivity contribution >= 4 is 23.2 Å². The third-order valence-electron chi connectivity index (χ3n) is 3.46. The molecule has 0 atom stereocenters. The van der Waals surface area contributed by atoms with Crippen LogP contribution in [0.15, 0.2) is 65.8 Å². The Morgan fingerprint density at radius 2 is 1.83 bits per heavy atom. The Hall–Kier alpha value is -2.79. The van der Waals surface area contributed by atoms with Gasteiger partial charge in [-0.25, -0.2) is 0 Å². The number of benzene rings is 1. The van der Waals surface area contributed by atoms with Gasteiger partial charge in [0.25, 0.3) is 11.5 Å². The van der Waals surface area contributed by atoms with Gasteiger partial charge in [0.05, 0.1) is 11.4 Å². The number of amides is 1. The third-order valence-corrected chi connectivity index (χ3v) is 3.69. The van der Waals surface area contributed by atoms with Crippen LogP contribution in [0.5, 0.6) is 0 Å². The predicted octanol–water partition coefficient (Wildman–Crippen LogP) is 3.08. The van der Waals surface area contributed by atoms with Crippen LogP contribution in [0.3, 0.4) is 0 Å². The van der Waals surface area contributed by atoms with E-state index in [1.54, 1.807) is 37.5 Å². The lowest BCUT2D eigenvalue weighted by Gasteiger charge is -2.13. The molecule has 116 valence electrons. The molecule has 0 saturated heterocycles. The van der Waals surface area contributed by atoms with E-state index in [9.17, 15) is 9.59 Å². The van der Waals surface area contributed by atoms with Gasteiger partial charge in [0, 0.05) is 42.3 Å². The van der Waals surface area contributed by atoms with Gasteiger partial charge < -0.3 is 14.5 Å². The molecule has 3 aromatic rings. The maximum Gasteiger partial charge on any atom is 0.255 e. The summed E-state index contributed by atoms with van der Waals surface area (Å²) in [6.07, 6.45) is 5.28. The minimum Gasteiger partial charge on any atom is -0.322 e. The molecule has 0 aliphatic heterocycles. The zero-order valence-corrected chi connectivity index (χ0v) is 13.1. The van der Waals surface area contributed by atoms with Crippen LogP contribution in [0.4, 0.5) is 5.69 Å². The molecule has 2 heterocycles. The fourth-order valence-corrected chi connectivity index (χ4v) is 2.37. The number of halogens is 1. The molecule has 0 aliphatic carbocycles. The van der Waals surface area contributed by atoms with Crippen molar-refractivity contribution in [1.29, 1.82) is 0 Å². The summed E-state index contributed by atoms with van der Waals surface area (Å²) in [5, 5.41) is 3.39. The van der Waals surface area contributed by atoms with Gasteiger partial charge in [-0.15, -0.1) is 0 Å². The summed E-state index contributed by atoms with van der Waals surface area (Å²) in [5.74, 6) is -0.349. The van der Waals surface area contributed by atoms with Crippen molar-refractivity contribution in [2.45, 2.75) is 0 Å². The second-order valence-electron chi connectivity index (χ2n) is 5.07. The van der Waals surface area contributed by atoms with E-state index < -0.39 is 0 Å². The first-order valence-electron chi connectivity index (χ1n) is 6.95. The number of nitrogens with zero attached hydrogens (tertiary/aromatic N) is 2. The number of aryl methyl sites for hydroxylation is 1. The van der Waals surface area contributed by atoms with Gasteiger partial charge in [0.2, 0.25) is 0 Å². The first kappa shape index (κ1) is 15.1. The number of hydrogen-bond acceptors (Lipinski definition) is 2. The molecule has 1 N–H and O–H groups in total. The molecule has 5 nitrogen and oxygen atoms in total. The Balaban J connectivity index is 1.95. The number of carbonyl (C=O) groups is 1. The van der Waals surface area contributed by atoms with Crippen LogP contribution in [0.2, 0.25) is 5.02 Å². The summed E-state index contributed by atoms with van der Waals surface area (Å²) in [6, 6.07) is 11.9. The smallest absolute Gasteiger partial charge is 0.255 e. The maximum atomic E-state index is 12.4. The fraction of sp³-hybridized carbons (Fsp3) is 0.0588. The lowest BCUT2D eigenvalue weighted by atomic mass is 10.2. The maximum absolute atomic E-state index is 12.4. The Morgan fingerprint density at radius 1 is 1.09 bits per heavy atom. The average molecular weight is 328 g/mol. The van der Waals surface area contributed by atoms with E-state index in [0.717, 1.165) is 5.69 Å². The minimum absolute atomic E-state index is 0.237. The van der Waals surface area contributed by atoms with Gasteiger partial charge in [-0.2, -0.15) is 0 Å². The number of rotatable bonds is 3. The Labute approximate surface area is 137 Å². The number of aromatic nitrogens is 2. The molecule has 1 aromatic carbocycles. The summed E-state index contributed by atoms with van der Waals surface area (Å²) >= 11 is 6.06. The summed E-state index contributed by atoms with van der Waals surface area (Å²) in [6.45, 7) is 0. The largest absolute Gasteiger partial charge is 0.322 e. The molecule has 0 fully saturated rings. The molecular weight excluding hydrogens is 314 g/mol. The minimum atomic E-state index is -0.349. The number of nitrogens with one attached hydrogen (secondary N) is 1. The van der Waals surface area contributed by atoms with E-state index in [0.29, 0.717) is 16.3 Å². The highest BCUT2D eigenvalue weighted by Crippen LogP contribution is 2.25. The highest BCUT2D eigenvalue weighted by Gasteiger charge is 2.11. The lowest BCUT2D eigenvalue weighted by Crippen LogP contribution is -2.20. The summed E-state index contributed by atoms with van der Waals surface area (Å²) < 4.78 is 3.26. The molecule has 2 aromatic heterocycles. The van der Waals surface area contributed by atoms with E-state index in [-0.39, 0.29) is 11.5 Å². The van der Waals surface area contributed by atoms with Gasteiger partial charge in [-0.1, -0.05) is 11.6 Å². The van der Waals surface area contributed by atoms with E-state index in [1.165, 1.54) is 10.6 Å². The van der Waals surface area contributed by atoms with E-state index in [4.69, 9.17) is 11.6 Å². The Morgan fingerprint density at radius 3 is 2.52 bits per heavy atom. The van der Waals surface area contributed by atoms with Gasteiger partial charge in [0.15, 0.2) is 0 Å². The monoisotopic (exact) mass is 327 g/mol. The van der Waals surface area contributed by atoms with E-state index in [1.807, 2.05) is 29.1 Å². The second-order valence-corrected chi connectivity index (χ2v) is 5.51. The first-order chi connectivity index (χ1) is 11.0. The van der Waals surface area contributed by atoms with Crippen LogP contribution in [-0.2, 0) is 7.05 Å². The van der Waals surface area contributed by atoms with Crippen molar-refractivity contribution in [2.24, 2.45) is 7.05 Å². The zero-order chi connectivity index (χ0) is 16.4. The van der Waals surface area contributed by atoms with Crippen LogP contribution in [0, 0.1) is 0 Å². The van der Waals surface area contributed by atoms with Crippen molar-refractivity contribution < 1.29 is 4.79 Å². The molecule has 3 rings (SSSR count). The Kier molecular flexibility index (Phi) is 4.04. The van der Waals surface area contributed by atoms with Crippen LogP contribution in [0.1, 0.15) is 10.4 Å². The standard InChI is InChI=1S/C17H14ClN3O2/c1-20-9-6-12(10-16(20)22)17(23)19-14-5-4-13(18)11-15(14)21-7-2-3-8-21/h2-11H,1H3,(H,19,23). The molecule has 0 saturated carbocycles. The third kappa shape index (κ3) is 3.19. The van der Waals surface area contributed by atoms with E-state index in [2.05, 4.69) is 5.32 Å². The summed E-state index contributed by atoms with van der Waals surface area (Å²) in [5.41, 5.74) is 1.43. The molecule has 23 heavy (non-hydrogen) atoms. The molecular formula is C17H14ClN3O2. The number of anilines is 1.